The highest BCUT2D eigenvalue weighted by Crippen LogP contribution is 2.34. The Kier molecular flexibility index (Phi) is 3.93. The van der Waals surface area contributed by atoms with Crippen molar-refractivity contribution in [2.75, 3.05) is 31.8 Å². The SMILES string of the molecule is COc1cnc2c(c1)CN(c1ncnn3c(C)nc(C4CCOC4)c13)CC2. The summed E-state index contributed by atoms with van der Waals surface area (Å²) in [6.07, 6.45) is 5.27. The zero-order valence-corrected chi connectivity index (χ0v) is 15.6. The van der Waals surface area contributed by atoms with Crippen LogP contribution in [0.3, 0.4) is 0 Å². The zero-order valence-electron chi connectivity index (χ0n) is 15.6. The van der Waals surface area contributed by atoms with Crippen molar-refractivity contribution in [1.82, 2.24) is 24.6 Å². The van der Waals surface area contributed by atoms with Crippen molar-refractivity contribution in [3.63, 3.8) is 0 Å². The molecule has 1 saturated heterocycles. The first-order chi connectivity index (χ1) is 13.2. The van der Waals surface area contributed by atoms with Gasteiger partial charge >= 0.3 is 0 Å². The molecule has 2 aliphatic heterocycles. The summed E-state index contributed by atoms with van der Waals surface area (Å²) in [6, 6.07) is 2.07. The van der Waals surface area contributed by atoms with Gasteiger partial charge in [-0.25, -0.2) is 14.5 Å². The number of pyridine rings is 1. The molecule has 140 valence electrons. The van der Waals surface area contributed by atoms with Crippen molar-refractivity contribution in [3.8, 4) is 5.75 Å². The molecular formula is C19H22N6O2. The quantitative estimate of drug-likeness (QED) is 0.700. The third-order valence-corrected chi connectivity index (χ3v) is 5.47. The molecule has 0 aliphatic carbocycles. The fourth-order valence-corrected chi connectivity index (χ4v) is 4.05. The van der Waals surface area contributed by atoms with Crippen LogP contribution < -0.4 is 9.64 Å². The second-order valence-electron chi connectivity index (χ2n) is 7.10. The summed E-state index contributed by atoms with van der Waals surface area (Å²) < 4.78 is 12.9. The van der Waals surface area contributed by atoms with E-state index in [4.69, 9.17) is 14.5 Å². The predicted octanol–water partition coefficient (Wildman–Crippen LogP) is 1.90. The van der Waals surface area contributed by atoms with Crippen LogP contribution in [0.4, 0.5) is 5.82 Å². The summed E-state index contributed by atoms with van der Waals surface area (Å²) in [4.78, 5) is 16.3. The minimum atomic E-state index is 0.303. The molecule has 27 heavy (non-hydrogen) atoms. The van der Waals surface area contributed by atoms with E-state index in [0.717, 1.165) is 66.8 Å². The lowest BCUT2D eigenvalue weighted by molar-refractivity contribution is 0.193. The van der Waals surface area contributed by atoms with Gasteiger partial charge in [-0.05, 0) is 25.0 Å². The van der Waals surface area contributed by atoms with Gasteiger partial charge in [-0.1, -0.05) is 0 Å². The molecule has 8 heteroatoms. The first-order valence-electron chi connectivity index (χ1n) is 9.29. The van der Waals surface area contributed by atoms with Gasteiger partial charge in [0.1, 0.15) is 23.4 Å². The lowest BCUT2D eigenvalue weighted by atomic mass is 10.0. The van der Waals surface area contributed by atoms with E-state index in [1.54, 1.807) is 19.6 Å². The Morgan fingerprint density at radius 1 is 1.30 bits per heavy atom. The molecule has 8 nitrogen and oxygen atoms in total. The summed E-state index contributed by atoms with van der Waals surface area (Å²) in [6.45, 7) is 5.10. The molecule has 5 heterocycles. The van der Waals surface area contributed by atoms with E-state index in [0.29, 0.717) is 12.5 Å². The largest absolute Gasteiger partial charge is 0.495 e. The number of methoxy groups -OCH3 is 1. The Morgan fingerprint density at radius 2 is 2.22 bits per heavy atom. The van der Waals surface area contributed by atoms with Crippen molar-refractivity contribution < 1.29 is 9.47 Å². The van der Waals surface area contributed by atoms with Crippen LogP contribution in [0.5, 0.6) is 5.75 Å². The van der Waals surface area contributed by atoms with E-state index >= 15 is 0 Å². The number of fused-ring (bicyclic) bond motifs is 2. The molecule has 0 spiro atoms. The standard InChI is InChI=1S/C19H22N6O2/c1-12-23-17(13-4-6-27-10-13)18-19(21-11-22-25(12)18)24-5-3-16-14(9-24)7-15(26-2)8-20-16/h7-8,11,13H,3-6,9-10H2,1-2H3. The Labute approximate surface area is 157 Å². The lowest BCUT2D eigenvalue weighted by Crippen LogP contribution is -2.32. The topological polar surface area (TPSA) is 77.7 Å². The number of imidazole rings is 1. The van der Waals surface area contributed by atoms with Gasteiger partial charge in [0.05, 0.1) is 25.6 Å². The summed E-state index contributed by atoms with van der Waals surface area (Å²) in [7, 11) is 1.67. The maximum atomic E-state index is 5.60. The normalized spacial score (nSPS) is 19.5. The van der Waals surface area contributed by atoms with Crippen LogP contribution in [0, 0.1) is 6.92 Å². The first kappa shape index (κ1) is 16.4. The van der Waals surface area contributed by atoms with Crippen LogP contribution in [0.25, 0.3) is 5.52 Å². The van der Waals surface area contributed by atoms with Crippen molar-refractivity contribution >= 4 is 11.3 Å². The van der Waals surface area contributed by atoms with Gasteiger partial charge in [0.2, 0.25) is 0 Å². The maximum absolute atomic E-state index is 5.60. The van der Waals surface area contributed by atoms with Crippen molar-refractivity contribution in [2.45, 2.75) is 32.2 Å². The fourth-order valence-electron chi connectivity index (χ4n) is 4.05. The van der Waals surface area contributed by atoms with Crippen LogP contribution in [-0.4, -0.2) is 51.4 Å². The molecule has 5 rings (SSSR count). The van der Waals surface area contributed by atoms with E-state index in [2.05, 4.69) is 26.0 Å². The van der Waals surface area contributed by atoms with Gasteiger partial charge in [0.25, 0.3) is 0 Å². The van der Waals surface area contributed by atoms with Gasteiger partial charge < -0.3 is 14.4 Å². The van der Waals surface area contributed by atoms with Crippen LogP contribution >= 0.6 is 0 Å². The number of nitrogens with zero attached hydrogens (tertiary/aromatic N) is 6. The summed E-state index contributed by atoms with van der Waals surface area (Å²) in [5.41, 5.74) is 4.37. The third-order valence-electron chi connectivity index (χ3n) is 5.47. The number of rotatable bonds is 3. The van der Waals surface area contributed by atoms with Gasteiger partial charge in [-0.2, -0.15) is 5.10 Å². The summed E-state index contributed by atoms with van der Waals surface area (Å²) in [5, 5.41) is 4.44. The van der Waals surface area contributed by atoms with Crippen molar-refractivity contribution in [2.24, 2.45) is 0 Å². The van der Waals surface area contributed by atoms with Gasteiger partial charge in [0, 0.05) is 37.7 Å². The van der Waals surface area contributed by atoms with Crippen molar-refractivity contribution in [1.29, 1.82) is 0 Å². The average molecular weight is 366 g/mol. The van der Waals surface area contributed by atoms with E-state index in [9.17, 15) is 0 Å². The second kappa shape index (κ2) is 6.45. The van der Waals surface area contributed by atoms with Crippen LogP contribution in [-0.2, 0) is 17.7 Å². The van der Waals surface area contributed by atoms with Crippen molar-refractivity contribution in [3.05, 3.63) is 41.4 Å². The number of aromatic nitrogens is 5. The minimum Gasteiger partial charge on any atom is -0.495 e. The molecule has 0 N–H and O–H groups in total. The van der Waals surface area contributed by atoms with Gasteiger partial charge in [-0.15, -0.1) is 0 Å². The Morgan fingerprint density at radius 3 is 3.04 bits per heavy atom. The maximum Gasteiger partial charge on any atom is 0.158 e. The molecule has 2 aliphatic rings. The second-order valence-corrected chi connectivity index (χ2v) is 7.10. The van der Waals surface area contributed by atoms with E-state index in [-0.39, 0.29) is 0 Å². The molecule has 0 radical (unpaired) electrons. The van der Waals surface area contributed by atoms with Crippen LogP contribution in [0.1, 0.15) is 35.1 Å². The Balaban J connectivity index is 1.58. The molecule has 0 bridgehead atoms. The first-order valence-corrected chi connectivity index (χ1v) is 9.29. The third kappa shape index (κ3) is 2.71. The number of anilines is 1. The smallest absolute Gasteiger partial charge is 0.158 e. The molecule has 1 unspecified atom stereocenters. The summed E-state index contributed by atoms with van der Waals surface area (Å²) in [5.74, 6) is 2.90. The fraction of sp³-hybridized carbons (Fsp3) is 0.474. The van der Waals surface area contributed by atoms with Gasteiger partial charge in [-0.3, -0.25) is 4.98 Å². The predicted molar refractivity (Wildman–Crippen MR) is 99.2 cm³/mol. The Bertz CT molecular complexity index is 995. The molecule has 1 atom stereocenters. The molecule has 0 amide bonds. The Hall–Kier alpha value is -2.74. The molecule has 0 saturated carbocycles. The highest BCUT2D eigenvalue weighted by atomic mass is 16.5. The monoisotopic (exact) mass is 366 g/mol. The number of ether oxygens (including phenoxy) is 2. The van der Waals surface area contributed by atoms with E-state index < -0.39 is 0 Å². The highest BCUT2D eigenvalue weighted by Gasteiger charge is 2.28. The average Bonchev–Trinajstić information content (AvgIpc) is 3.35. The summed E-state index contributed by atoms with van der Waals surface area (Å²) >= 11 is 0. The van der Waals surface area contributed by atoms with E-state index in [1.165, 1.54) is 5.56 Å². The molecule has 3 aromatic rings. The molecule has 0 aromatic carbocycles. The number of aryl methyl sites for hydroxylation is 1. The minimum absolute atomic E-state index is 0.303. The van der Waals surface area contributed by atoms with E-state index in [1.807, 2.05) is 11.4 Å². The molecule has 1 fully saturated rings. The highest BCUT2D eigenvalue weighted by molar-refractivity contribution is 5.73. The van der Waals surface area contributed by atoms with Gasteiger partial charge in [0.15, 0.2) is 5.82 Å². The van der Waals surface area contributed by atoms with Crippen LogP contribution in [0.2, 0.25) is 0 Å². The number of hydrogen-bond donors (Lipinski definition) is 0. The molecular weight excluding hydrogens is 344 g/mol. The zero-order chi connectivity index (χ0) is 18.4. The lowest BCUT2D eigenvalue weighted by Gasteiger charge is -2.29. The number of hydrogen-bond acceptors (Lipinski definition) is 7. The molecule has 3 aromatic heterocycles. The van der Waals surface area contributed by atoms with Crippen LogP contribution in [0.15, 0.2) is 18.6 Å².